The van der Waals surface area contributed by atoms with Crippen molar-refractivity contribution in [2.75, 3.05) is 26.2 Å². The molecule has 2 saturated heterocycles. The number of carboxylic acid groups (broad SMARTS) is 1. The molecule has 1 N–H and O–H groups in total. The molecule has 7 nitrogen and oxygen atoms in total. The first kappa shape index (κ1) is 14.8. The molecule has 22 heavy (non-hydrogen) atoms. The van der Waals surface area contributed by atoms with Crippen LogP contribution in [0.2, 0.25) is 0 Å². The number of amides is 1. The van der Waals surface area contributed by atoms with Crippen LogP contribution in [0.3, 0.4) is 0 Å². The normalized spacial score (nSPS) is 28.1. The summed E-state index contributed by atoms with van der Waals surface area (Å²) in [7, 11) is 0. The summed E-state index contributed by atoms with van der Waals surface area (Å²) in [5.41, 5.74) is -0.271. The highest BCUT2D eigenvalue weighted by molar-refractivity contribution is 5.92. The Morgan fingerprint density at radius 3 is 2.95 bits per heavy atom. The van der Waals surface area contributed by atoms with E-state index in [9.17, 15) is 14.7 Å². The van der Waals surface area contributed by atoms with E-state index in [4.69, 9.17) is 4.42 Å². The van der Waals surface area contributed by atoms with Gasteiger partial charge < -0.3 is 14.4 Å². The van der Waals surface area contributed by atoms with Crippen LogP contribution in [0.25, 0.3) is 0 Å². The van der Waals surface area contributed by atoms with Crippen molar-refractivity contribution in [2.45, 2.75) is 13.5 Å². The summed E-state index contributed by atoms with van der Waals surface area (Å²) >= 11 is 0. The van der Waals surface area contributed by atoms with Crippen LogP contribution in [-0.4, -0.2) is 57.9 Å². The maximum absolute atomic E-state index is 12.4. The number of carboxylic acids is 1. The number of likely N-dealkylation sites (tertiary alicyclic amines) is 2. The van der Waals surface area contributed by atoms with Gasteiger partial charge in [-0.05, 0) is 0 Å². The number of aryl methyl sites for hydroxylation is 1. The van der Waals surface area contributed by atoms with Crippen molar-refractivity contribution in [2.24, 2.45) is 11.3 Å². The molecule has 0 aromatic carbocycles. The molecule has 0 spiro atoms. The van der Waals surface area contributed by atoms with E-state index >= 15 is 0 Å². The molecule has 1 aromatic heterocycles. The first-order valence-electron chi connectivity index (χ1n) is 7.23. The molecule has 2 aliphatic rings. The monoisotopic (exact) mass is 305 g/mol. The lowest BCUT2D eigenvalue weighted by Gasteiger charge is -2.24. The summed E-state index contributed by atoms with van der Waals surface area (Å²) in [5, 5.41) is 9.70. The summed E-state index contributed by atoms with van der Waals surface area (Å²) in [6, 6.07) is 0. The van der Waals surface area contributed by atoms with Crippen LogP contribution in [0, 0.1) is 18.3 Å². The third kappa shape index (κ3) is 2.21. The molecule has 0 unspecified atom stereocenters. The molecular weight excluding hydrogens is 286 g/mol. The lowest BCUT2D eigenvalue weighted by atomic mass is 9.81. The minimum absolute atomic E-state index is 0.0962. The van der Waals surface area contributed by atoms with Crippen LogP contribution < -0.4 is 0 Å². The Bertz CT molecular complexity index is 626. The molecular formula is C15H19N3O4. The van der Waals surface area contributed by atoms with Gasteiger partial charge in [-0.15, -0.1) is 6.58 Å². The minimum Gasteiger partial charge on any atom is -0.481 e. The van der Waals surface area contributed by atoms with Gasteiger partial charge in [0.05, 0.1) is 11.6 Å². The number of fused-ring (bicyclic) bond motifs is 1. The Morgan fingerprint density at radius 1 is 1.64 bits per heavy atom. The Morgan fingerprint density at radius 2 is 2.41 bits per heavy atom. The van der Waals surface area contributed by atoms with Gasteiger partial charge in [-0.3, -0.25) is 14.5 Å². The van der Waals surface area contributed by atoms with Crippen molar-refractivity contribution in [1.29, 1.82) is 0 Å². The Labute approximate surface area is 128 Å². The second kappa shape index (κ2) is 5.24. The standard InChI is InChI=1S/C15H19N3O4/c1-3-4-18-9-15(14(20)21)8-17(6-12(15)13(18)19)5-11-7-22-10(2)16-11/h3,7,12H,1,4-6,8-9H2,2H3,(H,20,21)/t12-,15-/m0/s1. The van der Waals surface area contributed by atoms with Gasteiger partial charge >= 0.3 is 5.97 Å². The summed E-state index contributed by atoms with van der Waals surface area (Å²) < 4.78 is 5.17. The smallest absolute Gasteiger partial charge is 0.313 e. The Kier molecular flexibility index (Phi) is 3.52. The van der Waals surface area contributed by atoms with Gasteiger partial charge in [0, 0.05) is 39.6 Å². The van der Waals surface area contributed by atoms with E-state index in [1.54, 1.807) is 24.2 Å². The fraction of sp³-hybridized carbons (Fsp3) is 0.533. The predicted octanol–water partition coefficient (Wildman–Crippen LogP) is 0.514. The fourth-order valence-corrected chi connectivity index (χ4v) is 3.55. The van der Waals surface area contributed by atoms with E-state index < -0.39 is 17.3 Å². The van der Waals surface area contributed by atoms with Crippen molar-refractivity contribution in [1.82, 2.24) is 14.8 Å². The van der Waals surface area contributed by atoms with Crippen molar-refractivity contribution in [3.05, 3.63) is 30.5 Å². The van der Waals surface area contributed by atoms with E-state index in [0.717, 1.165) is 5.69 Å². The summed E-state index contributed by atoms with van der Waals surface area (Å²) in [4.78, 5) is 32.1. The van der Waals surface area contributed by atoms with E-state index in [1.165, 1.54) is 0 Å². The second-order valence-electron chi connectivity index (χ2n) is 6.05. The first-order valence-corrected chi connectivity index (χ1v) is 7.23. The molecule has 0 saturated carbocycles. The predicted molar refractivity (Wildman–Crippen MR) is 76.9 cm³/mol. The number of rotatable bonds is 5. The molecule has 2 aliphatic heterocycles. The van der Waals surface area contributed by atoms with E-state index in [1.807, 2.05) is 4.90 Å². The molecule has 3 heterocycles. The van der Waals surface area contributed by atoms with Crippen LogP contribution in [0.5, 0.6) is 0 Å². The van der Waals surface area contributed by atoms with Crippen LogP contribution in [0.15, 0.2) is 23.3 Å². The Balaban J connectivity index is 1.79. The molecule has 1 amide bonds. The number of hydrogen-bond acceptors (Lipinski definition) is 5. The average molecular weight is 305 g/mol. The summed E-state index contributed by atoms with van der Waals surface area (Å²) in [6.07, 6.45) is 3.20. The fourth-order valence-electron chi connectivity index (χ4n) is 3.55. The molecule has 2 atom stereocenters. The Hall–Kier alpha value is -2.15. The van der Waals surface area contributed by atoms with Gasteiger partial charge in [0.1, 0.15) is 11.7 Å². The third-order valence-electron chi connectivity index (χ3n) is 4.52. The van der Waals surface area contributed by atoms with E-state index in [2.05, 4.69) is 11.6 Å². The van der Waals surface area contributed by atoms with Gasteiger partial charge in [-0.1, -0.05) is 6.08 Å². The number of aliphatic carboxylic acids is 1. The number of carbonyl (C=O) groups excluding carboxylic acids is 1. The molecule has 0 aliphatic carbocycles. The van der Waals surface area contributed by atoms with Crippen LogP contribution in [-0.2, 0) is 16.1 Å². The quantitative estimate of drug-likeness (QED) is 0.798. The molecule has 0 bridgehead atoms. The molecule has 2 fully saturated rings. The van der Waals surface area contributed by atoms with Crippen molar-refractivity contribution in [3.63, 3.8) is 0 Å². The third-order valence-corrected chi connectivity index (χ3v) is 4.52. The highest BCUT2D eigenvalue weighted by Crippen LogP contribution is 2.43. The van der Waals surface area contributed by atoms with Gasteiger partial charge in [0.2, 0.25) is 5.91 Å². The SMILES string of the molecule is C=CCN1C[C@@]2(C(=O)O)CN(Cc3coc(C)n3)C[C@H]2C1=O. The molecule has 7 heteroatoms. The lowest BCUT2D eigenvalue weighted by Crippen LogP contribution is -2.40. The molecule has 0 radical (unpaired) electrons. The maximum atomic E-state index is 12.4. The summed E-state index contributed by atoms with van der Waals surface area (Å²) in [5.74, 6) is -0.925. The zero-order chi connectivity index (χ0) is 15.9. The van der Waals surface area contributed by atoms with Gasteiger partial charge in [-0.25, -0.2) is 4.98 Å². The maximum Gasteiger partial charge on any atom is 0.313 e. The van der Waals surface area contributed by atoms with Gasteiger partial charge in [0.15, 0.2) is 5.89 Å². The van der Waals surface area contributed by atoms with Crippen LogP contribution in [0.1, 0.15) is 11.6 Å². The highest BCUT2D eigenvalue weighted by atomic mass is 16.4. The second-order valence-corrected chi connectivity index (χ2v) is 6.05. The number of aromatic nitrogens is 1. The zero-order valence-electron chi connectivity index (χ0n) is 12.5. The van der Waals surface area contributed by atoms with Crippen LogP contribution in [0.4, 0.5) is 0 Å². The molecule has 1 aromatic rings. The zero-order valence-corrected chi connectivity index (χ0v) is 12.5. The van der Waals surface area contributed by atoms with Crippen LogP contribution >= 0.6 is 0 Å². The molecule has 118 valence electrons. The van der Waals surface area contributed by atoms with Crippen molar-refractivity contribution >= 4 is 11.9 Å². The number of carbonyl (C=O) groups is 2. The van der Waals surface area contributed by atoms with Gasteiger partial charge in [-0.2, -0.15) is 0 Å². The lowest BCUT2D eigenvalue weighted by molar-refractivity contribution is -0.149. The molecule has 3 rings (SSSR count). The number of hydrogen-bond donors (Lipinski definition) is 1. The highest BCUT2D eigenvalue weighted by Gasteiger charge is 2.61. The number of nitrogens with zero attached hydrogens (tertiary/aromatic N) is 3. The summed E-state index contributed by atoms with van der Waals surface area (Å²) in [6.45, 7) is 7.30. The van der Waals surface area contributed by atoms with E-state index in [0.29, 0.717) is 32.1 Å². The van der Waals surface area contributed by atoms with Crippen molar-refractivity contribution in [3.8, 4) is 0 Å². The largest absolute Gasteiger partial charge is 0.481 e. The minimum atomic E-state index is -1.03. The van der Waals surface area contributed by atoms with E-state index in [-0.39, 0.29) is 12.5 Å². The number of oxazole rings is 1. The van der Waals surface area contributed by atoms with Crippen molar-refractivity contribution < 1.29 is 19.1 Å². The topological polar surface area (TPSA) is 86.9 Å². The average Bonchev–Trinajstić information content (AvgIpc) is 3.08. The van der Waals surface area contributed by atoms with Gasteiger partial charge in [0.25, 0.3) is 0 Å². The first-order chi connectivity index (χ1) is 10.5.